The van der Waals surface area contributed by atoms with Gasteiger partial charge in [-0.2, -0.15) is 5.26 Å². The number of amides is 1. The largest absolute Gasteiger partial charge is 0.319 e. The van der Waals surface area contributed by atoms with E-state index in [0.29, 0.717) is 0 Å². The van der Waals surface area contributed by atoms with Crippen molar-refractivity contribution in [3.05, 3.63) is 33.9 Å². The molecule has 0 atom stereocenters. The Labute approximate surface area is 121 Å². The summed E-state index contributed by atoms with van der Waals surface area (Å²) in [6.07, 6.45) is 0. The van der Waals surface area contributed by atoms with Crippen LogP contribution in [-0.2, 0) is 4.79 Å². The number of benzene rings is 1. The fourth-order valence-electron chi connectivity index (χ4n) is 2.12. The van der Waals surface area contributed by atoms with Crippen LogP contribution in [0.25, 0.3) is 0 Å². The minimum Gasteiger partial charge on any atom is -0.319 e. The highest BCUT2D eigenvalue weighted by Gasteiger charge is 2.19. The second-order valence-electron chi connectivity index (χ2n) is 4.68. The molecular formula is C13H15N5O3. The number of nitrogens with one attached hydrogen (secondary N) is 2. The van der Waals surface area contributed by atoms with E-state index in [9.17, 15) is 14.9 Å². The van der Waals surface area contributed by atoms with Crippen LogP contribution >= 0.6 is 0 Å². The predicted octanol–water partition coefficient (Wildman–Crippen LogP) is 0.310. The molecule has 21 heavy (non-hydrogen) atoms. The molecule has 1 saturated heterocycles. The van der Waals surface area contributed by atoms with Crippen molar-refractivity contribution in [1.82, 2.24) is 10.2 Å². The number of anilines is 1. The fourth-order valence-corrected chi connectivity index (χ4v) is 2.12. The number of carbonyl (C=O) groups excluding carboxylic acids is 1. The van der Waals surface area contributed by atoms with Crippen molar-refractivity contribution in [2.24, 2.45) is 0 Å². The molecule has 1 aliphatic heterocycles. The zero-order valence-corrected chi connectivity index (χ0v) is 11.3. The number of nitriles is 1. The van der Waals surface area contributed by atoms with Gasteiger partial charge in [0.05, 0.1) is 23.1 Å². The van der Waals surface area contributed by atoms with Crippen molar-refractivity contribution in [2.75, 3.05) is 38.0 Å². The molecule has 1 aliphatic rings. The Bertz CT molecular complexity index is 590. The Balaban J connectivity index is 2.06. The molecule has 8 heteroatoms. The monoisotopic (exact) mass is 289 g/mol. The molecule has 0 aliphatic carbocycles. The lowest BCUT2D eigenvalue weighted by atomic mass is 10.2. The first-order valence-electron chi connectivity index (χ1n) is 6.51. The molecular weight excluding hydrogens is 274 g/mol. The van der Waals surface area contributed by atoms with Gasteiger partial charge in [0.1, 0.15) is 5.69 Å². The Kier molecular flexibility index (Phi) is 4.81. The van der Waals surface area contributed by atoms with Gasteiger partial charge in [0.2, 0.25) is 5.91 Å². The maximum Gasteiger partial charge on any atom is 0.294 e. The maximum atomic E-state index is 11.9. The Morgan fingerprint density at radius 3 is 2.81 bits per heavy atom. The third kappa shape index (κ3) is 3.98. The van der Waals surface area contributed by atoms with E-state index in [1.807, 2.05) is 11.0 Å². The minimum atomic E-state index is -0.610. The first-order valence-corrected chi connectivity index (χ1v) is 6.51. The first kappa shape index (κ1) is 14.9. The van der Waals surface area contributed by atoms with Crippen molar-refractivity contribution in [3.8, 4) is 6.07 Å². The Morgan fingerprint density at radius 1 is 1.48 bits per heavy atom. The number of hydrogen-bond donors (Lipinski definition) is 2. The minimum absolute atomic E-state index is 0.110. The van der Waals surface area contributed by atoms with Crippen LogP contribution in [0.2, 0.25) is 0 Å². The van der Waals surface area contributed by atoms with Crippen LogP contribution in [0.1, 0.15) is 5.56 Å². The van der Waals surface area contributed by atoms with E-state index in [0.717, 1.165) is 32.2 Å². The van der Waals surface area contributed by atoms with Gasteiger partial charge in [-0.15, -0.1) is 0 Å². The molecule has 2 rings (SSSR count). The normalized spacial score (nSPS) is 15.2. The molecule has 110 valence electrons. The average molecular weight is 289 g/mol. The second kappa shape index (κ2) is 6.78. The van der Waals surface area contributed by atoms with Crippen LogP contribution in [0.3, 0.4) is 0 Å². The summed E-state index contributed by atoms with van der Waals surface area (Å²) in [5, 5.41) is 25.5. The maximum absolute atomic E-state index is 11.9. The number of nitro benzene ring substituents is 1. The van der Waals surface area contributed by atoms with Gasteiger partial charge < -0.3 is 10.6 Å². The van der Waals surface area contributed by atoms with E-state index in [-0.39, 0.29) is 29.4 Å². The summed E-state index contributed by atoms with van der Waals surface area (Å²) in [5.41, 5.74) is 0.0173. The highest BCUT2D eigenvalue weighted by Crippen LogP contribution is 2.25. The first-order chi connectivity index (χ1) is 10.1. The highest BCUT2D eigenvalue weighted by atomic mass is 16.6. The SMILES string of the molecule is N#Cc1ccc(NC(=O)CN2CCNCC2)c([N+](=O)[O-])c1. The lowest BCUT2D eigenvalue weighted by Crippen LogP contribution is -2.46. The van der Waals surface area contributed by atoms with Crippen molar-refractivity contribution in [2.45, 2.75) is 0 Å². The van der Waals surface area contributed by atoms with Gasteiger partial charge in [-0.25, -0.2) is 0 Å². The molecule has 0 unspecified atom stereocenters. The summed E-state index contributed by atoms with van der Waals surface area (Å²) >= 11 is 0. The van der Waals surface area contributed by atoms with Gasteiger partial charge in [-0.05, 0) is 12.1 Å². The van der Waals surface area contributed by atoms with Crippen LogP contribution in [0.5, 0.6) is 0 Å². The van der Waals surface area contributed by atoms with Gasteiger partial charge in [0.25, 0.3) is 5.69 Å². The third-order valence-corrected chi connectivity index (χ3v) is 3.17. The number of piperazine rings is 1. The van der Waals surface area contributed by atoms with Crippen LogP contribution in [0.15, 0.2) is 18.2 Å². The van der Waals surface area contributed by atoms with Gasteiger partial charge in [-0.1, -0.05) is 0 Å². The van der Waals surface area contributed by atoms with E-state index in [4.69, 9.17) is 5.26 Å². The predicted molar refractivity (Wildman–Crippen MR) is 75.8 cm³/mol. The molecule has 8 nitrogen and oxygen atoms in total. The molecule has 0 radical (unpaired) electrons. The van der Waals surface area contributed by atoms with E-state index < -0.39 is 4.92 Å². The summed E-state index contributed by atoms with van der Waals surface area (Å²) in [6.45, 7) is 3.37. The molecule has 1 aromatic carbocycles. The molecule has 2 N–H and O–H groups in total. The van der Waals surface area contributed by atoms with Crippen molar-refractivity contribution >= 4 is 17.3 Å². The van der Waals surface area contributed by atoms with Crippen molar-refractivity contribution in [1.29, 1.82) is 5.26 Å². The smallest absolute Gasteiger partial charge is 0.294 e. The van der Waals surface area contributed by atoms with Crippen LogP contribution in [0.4, 0.5) is 11.4 Å². The summed E-state index contributed by atoms with van der Waals surface area (Å²) < 4.78 is 0. The van der Waals surface area contributed by atoms with E-state index in [1.54, 1.807) is 0 Å². The zero-order chi connectivity index (χ0) is 15.2. The lowest BCUT2D eigenvalue weighted by molar-refractivity contribution is -0.383. The van der Waals surface area contributed by atoms with E-state index >= 15 is 0 Å². The summed E-state index contributed by atoms with van der Waals surface area (Å²) in [5.74, 6) is -0.301. The topological polar surface area (TPSA) is 111 Å². The number of nitrogens with zero attached hydrogens (tertiary/aromatic N) is 3. The van der Waals surface area contributed by atoms with Crippen molar-refractivity contribution in [3.63, 3.8) is 0 Å². The van der Waals surface area contributed by atoms with Crippen LogP contribution in [-0.4, -0.2) is 48.5 Å². The van der Waals surface area contributed by atoms with Crippen molar-refractivity contribution < 1.29 is 9.72 Å². The van der Waals surface area contributed by atoms with Gasteiger partial charge in [0.15, 0.2) is 0 Å². The number of nitro groups is 1. The second-order valence-corrected chi connectivity index (χ2v) is 4.68. The number of rotatable bonds is 4. The molecule has 1 heterocycles. The van der Waals surface area contributed by atoms with Gasteiger partial charge in [0, 0.05) is 32.2 Å². The van der Waals surface area contributed by atoms with Gasteiger partial charge in [-0.3, -0.25) is 19.8 Å². The molecule has 1 fully saturated rings. The third-order valence-electron chi connectivity index (χ3n) is 3.17. The quantitative estimate of drug-likeness (QED) is 0.609. The number of hydrogen-bond acceptors (Lipinski definition) is 6. The molecule has 0 saturated carbocycles. The summed E-state index contributed by atoms with van der Waals surface area (Å²) in [4.78, 5) is 24.3. The molecule has 1 aromatic rings. The fraction of sp³-hybridized carbons (Fsp3) is 0.385. The molecule has 1 amide bonds. The summed E-state index contributed by atoms with van der Waals surface area (Å²) in [7, 11) is 0. The highest BCUT2D eigenvalue weighted by molar-refractivity contribution is 5.94. The number of carbonyl (C=O) groups is 1. The van der Waals surface area contributed by atoms with Crippen LogP contribution in [0, 0.1) is 21.4 Å². The summed E-state index contributed by atoms with van der Waals surface area (Å²) in [6, 6.07) is 5.81. The average Bonchev–Trinajstić information content (AvgIpc) is 2.48. The standard InChI is InChI=1S/C13H15N5O3/c14-8-10-1-2-11(12(7-10)18(20)21)16-13(19)9-17-5-3-15-4-6-17/h1-2,7,15H,3-6,9H2,(H,16,19). The van der Waals surface area contributed by atoms with Crippen LogP contribution < -0.4 is 10.6 Å². The van der Waals surface area contributed by atoms with E-state index in [2.05, 4.69) is 10.6 Å². The molecule has 0 spiro atoms. The molecule has 0 aromatic heterocycles. The Hall–Kier alpha value is -2.50. The van der Waals surface area contributed by atoms with Gasteiger partial charge >= 0.3 is 0 Å². The van der Waals surface area contributed by atoms with E-state index in [1.165, 1.54) is 12.1 Å². The lowest BCUT2D eigenvalue weighted by Gasteiger charge is -2.26. The molecule has 0 bridgehead atoms. The zero-order valence-electron chi connectivity index (χ0n) is 11.3. The Morgan fingerprint density at radius 2 is 2.19 bits per heavy atom.